The monoisotopic (exact) mass is 1740 g/mol. The minimum Gasteiger partial charge on any atom is -0.497 e. The van der Waals surface area contributed by atoms with E-state index >= 15 is 0 Å². The quantitative estimate of drug-likeness (QED) is 0.00961. The van der Waals surface area contributed by atoms with Gasteiger partial charge in [0.1, 0.15) is 46.9 Å². The van der Waals surface area contributed by atoms with Crippen molar-refractivity contribution in [1.29, 1.82) is 0 Å². The molecule has 0 radical (unpaired) electrons. The highest BCUT2D eigenvalue weighted by molar-refractivity contribution is 6.38. The number of rotatable bonds is 46. The third kappa shape index (κ3) is 36.0. The molecule has 2 fully saturated rings. The molecule has 2 aliphatic carbocycles. The molecule has 28 nitrogen and oxygen atoms in total. The standard InChI is InChI=1S/C49H67N5O9.C49H65N5O9/c2*1-6-18-38(44(57)47(60)50-32-41(56)54-43(36-24-14-9-15-25-36)48(61)63-49(2,3)4)51-45(58)39(31-34-20-10-7-11-21-34)52-46(59)42(35-22-12-8-13-23-35)53-40(55)26-17-16-19-33-27-29-37(62-5)30-28-33/h7,9-11,14-15,20-21,24-25,27-30,35,38-39,42-44,57H,6,8,12-13,16-19,22-23,26,31-32H2,1-5H3,(H,50,60)(H,51,58)(H,52,59)(H,53,55)(H,54,56);7,9-11,14-15,20-21,24-25,27-30,35,38-39,42-43H,6,8,12-13,16-19,22-23,26,31-32H2,1-5H3,(H,50,60)(H,51,58)(H,52,59)(H,53,55)(H,54,56). The van der Waals surface area contributed by atoms with E-state index in [0.717, 1.165) is 124 Å². The molecule has 126 heavy (non-hydrogen) atoms. The second-order valence-electron chi connectivity index (χ2n) is 34.4. The van der Waals surface area contributed by atoms with E-state index in [-0.39, 0.29) is 62.2 Å². The maximum atomic E-state index is 14.2. The van der Waals surface area contributed by atoms with Crippen LogP contribution in [-0.2, 0) is 97.5 Å². The van der Waals surface area contributed by atoms with Crippen molar-refractivity contribution < 1.29 is 86.4 Å². The molecule has 0 heterocycles. The molecule has 6 aromatic rings. The molecule has 9 unspecified atom stereocenters. The largest absolute Gasteiger partial charge is 0.497 e. The molecule has 28 heteroatoms. The summed E-state index contributed by atoms with van der Waals surface area (Å²) in [4.78, 5) is 176. The number of ether oxygens (including phenoxy) is 4. The van der Waals surface area contributed by atoms with E-state index in [1.807, 2.05) is 116 Å². The number of benzene rings is 6. The minimum absolute atomic E-state index is 0.0781. The fraction of sp³-hybridized carbons (Fsp3) is 0.500. The van der Waals surface area contributed by atoms with E-state index in [2.05, 4.69) is 53.2 Å². The van der Waals surface area contributed by atoms with Crippen LogP contribution in [0.25, 0.3) is 0 Å². The molecule has 0 spiro atoms. The third-order valence-corrected chi connectivity index (χ3v) is 21.8. The van der Waals surface area contributed by atoms with Gasteiger partial charge in [0.15, 0.2) is 18.2 Å². The number of unbranched alkanes of at least 4 members (excludes halogenated alkanes) is 2. The molecule has 2 saturated carbocycles. The highest BCUT2D eigenvalue weighted by Gasteiger charge is 2.39. The zero-order valence-electron chi connectivity index (χ0n) is 74.8. The van der Waals surface area contributed by atoms with Crippen LogP contribution in [0, 0.1) is 11.8 Å². The SMILES string of the molecule is CCCC(NC(=O)C(Cc1ccccc1)NC(=O)C(NC(=O)CCCCc1ccc(OC)cc1)C1CCCCC1)C(=O)C(=O)NCC(=O)NC(C(=O)OC(C)(C)C)c1ccccc1.CCCC(NC(=O)C(Cc1ccccc1)NC(=O)C(NC(=O)CCCCc1ccc(OC)cc1)C1CCCCC1)C(O)C(=O)NCC(=O)NC(C(=O)OC(C)(C)C)c1ccccc1. The number of methoxy groups -OCH3 is 2. The summed E-state index contributed by atoms with van der Waals surface area (Å²) in [5.74, 6) is -7.23. The Morgan fingerprint density at radius 1 is 0.381 bits per heavy atom. The summed E-state index contributed by atoms with van der Waals surface area (Å²) < 4.78 is 21.5. The van der Waals surface area contributed by atoms with Crippen LogP contribution < -0.4 is 62.6 Å². The summed E-state index contributed by atoms with van der Waals surface area (Å²) in [6, 6.07) is 42.3. The maximum Gasteiger partial charge on any atom is 0.333 e. The highest BCUT2D eigenvalue weighted by Crippen LogP contribution is 2.30. The first-order valence-corrected chi connectivity index (χ1v) is 44.4. The summed E-state index contributed by atoms with van der Waals surface area (Å²) in [5.41, 5.74) is 3.10. The number of carbonyl (C=O) groups excluding carboxylic acids is 13. The zero-order chi connectivity index (χ0) is 91.6. The van der Waals surface area contributed by atoms with Crippen molar-refractivity contribution in [3.63, 3.8) is 0 Å². The molecule has 11 N–H and O–H groups in total. The van der Waals surface area contributed by atoms with Crippen molar-refractivity contribution in [2.24, 2.45) is 11.8 Å². The second-order valence-corrected chi connectivity index (χ2v) is 34.4. The number of amides is 10. The van der Waals surface area contributed by atoms with Crippen molar-refractivity contribution in [3.05, 3.63) is 203 Å². The Morgan fingerprint density at radius 3 is 1.12 bits per heavy atom. The van der Waals surface area contributed by atoms with Gasteiger partial charge in [-0.3, -0.25) is 52.7 Å². The van der Waals surface area contributed by atoms with Crippen molar-refractivity contribution >= 4 is 76.8 Å². The molecule has 682 valence electrons. The number of carbonyl (C=O) groups is 13. The fourth-order valence-corrected chi connectivity index (χ4v) is 15.3. The predicted octanol–water partition coefficient (Wildman–Crippen LogP) is 10.5. The average molecular weight is 1740 g/mol. The van der Waals surface area contributed by atoms with Crippen LogP contribution in [-0.4, -0.2) is 163 Å². The summed E-state index contributed by atoms with van der Waals surface area (Å²) in [5, 5.41) is 38.5. The Labute approximate surface area is 741 Å². The molecule has 0 aromatic heterocycles. The van der Waals surface area contributed by atoms with Gasteiger partial charge in [0, 0.05) is 25.7 Å². The molecule has 8 rings (SSSR count). The number of aliphatic hydroxyl groups is 1. The van der Waals surface area contributed by atoms with Gasteiger partial charge in [-0.15, -0.1) is 0 Å². The molecule has 0 saturated heterocycles. The van der Waals surface area contributed by atoms with Crippen LogP contribution in [0.5, 0.6) is 11.5 Å². The van der Waals surface area contributed by atoms with Gasteiger partial charge < -0.3 is 77.2 Å². The number of hydrogen-bond acceptors (Lipinski definition) is 18. The molecular formula is C98H132N10O18. The van der Waals surface area contributed by atoms with Crippen molar-refractivity contribution in [3.8, 4) is 11.5 Å². The zero-order valence-corrected chi connectivity index (χ0v) is 74.8. The molecule has 10 amide bonds. The van der Waals surface area contributed by atoms with E-state index < -0.39 is 144 Å². The fourth-order valence-electron chi connectivity index (χ4n) is 15.3. The van der Waals surface area contributed by atoms with E-state index in [4.69, 9.17) is 18.9 Å². The summed E-state index contributed by atoms with van der Waals surface area (Å²) in [7, 11) is 3.24. The molecule has 0 bridgehead atoms. The van der Waals surface area contributed by atoms with E-state index in [1.165, 1.54) is 0 Å². The molecular weight excluding hydrogens is 1610 g/mol. The normalized spacial score (nSPS) is 15.0. The smallest absolute Gasteiger partial charge is 0.333 e. The average Bonchev–Trinajstić information content (AvgIpc) is 0.833. The molecule has 9 atom stereocenters. The number of aryl methyl sites for hydroxylation is 2. The summed E-state index contributed by atoms with van der Waals surface area (Å²) in [6.07, 6.45) is 13.3. The lowest BCUT2D eigenvalue weighted by molar-refractivity contribution is -0.159. The van der Waals surface area contributed by atoms with Gasteiger partial charge in [-0.1, -0.05) is 211 Å². The number of hydrogen-bond donors (Lipinski definition) is 11. The van der Waals surface area contributed by atoms with Crippen molar-refractivity contribution in [2.45, 2.75) is 275 Å². The molecule has 0 aliphatic heterocycles. The van der Waals surface area contributed by atoms with E-state index in [1.54, 1.807) is 123 Å². The van der Waals surface area contributed by atoms with Gasteiger partial charge in [0.05, 0.1) is 39.4 Å². The lowest BCUT2D eigenvalue weighted by Crippen LogP contribution is -2.59. The summed E-state index contributed by atoms with van der Waals surface area (Å²) >= 11 is 0. The van der Waals surface area contributed by atoms with Crippen molar-refractivity contribution in [2.75, 3.05) is 27.3 Å². The predicted molar refractivity (Wildman–Crippen MR) is 479 cm³/mol. The first kappa shape index (κ1) is 101. The van der Waals surface area contributed by atoms with Gasteiger partial charge >= 0.3 is 11.9 Å². The number of aliphatic hydroxyl groups excluding tert-OH is 1. The van der Waals surface area contributed by atoms with Gasteiger partial charge in [-0.25, -0.2) is 9.59 Å². The minimum atomic E-state index is -1.76. The highest BCUT2D eigenvalue weighted by atomic mass is 16.6. The van der Waals surface area contributed by atoms with Gasteiger partial charge in [-0.2, -0.15) is 0 Å². The van der Waals surface area contributed by atoms with Crippen LogP contribution in [0.1, 0.15) is 229 Å². The van der Waals surface area contributed by atoms with Crippen molar-refractivity contribution in [1.82, 2.24) is 53.2 Å². The van der Waals surface area contributed by atoms with Gasteiger partial charge in [0.2, 0.25) is 53.0 Å². The van der Waals surface area contributed by atoms with Crippen LogP contribution in [0.15, 0.2) is 170 Å². The Morgan fingerprint density at radius 2 is 0.746 bits per heavy atom. The van der Waals surface area contributed by atoms with Crippen LogP contribution >= 0.6 is 0 Å². The first-order chi connectivity index (χ1) is 60.3. The van der Waals surface area contributed by atoms with E-state index in [9.17, 15) is 67.4 Å². The first-order valence-electron chi connectivity index (χ1n) is 44.4. The Bertz CT molecular complexity index is 4440. The number of Topliss-reactive ketones (excluding diaryl/α,β-unsaturated/α-hetero) is 1. The lowest BCUT2D eigenvalue weighted by Gasteiger charge is -2.32. The molecule has 6 aromatic carbocycles. The number of nitrogens with one attached hydrogen (secondary N) is 10. The van der Waals surface area contributed by atoms with Gasteiger partial charge in [0.25, 0.3) is 11.8 Å². The second kappa shape index (κ2) is 52.8. The lowest BCUT2D eigenvalue weighted by atomic mass is 9.83. The number of esters is 2. The molecule has 2 aliphatic rings. The Kier molecular flexibility index (Phi) is 42.5. The van der Waals surface area contributed by atoms with Crippen LogP contribution in [0.2, 0.25) is 0 Å². The maximum absolute atomic E-state index is 14.2. The Balaban J connectivity index is 0.000000346. The topological polar surface area (TPSA) is 399 Å². The van der Waals surface area contributed by atoms with Gasteiger partial charge in [-0.05, 0) is 188 Å². The Hall–Kier alpha value is -11.8. The number of ketones is 1. The van der Waals surface area contributed by atoms with E-state index in [0.29, 0.717) is 36.8 Å². The van der Waals surface area contributed by atoms with Crippen LogP contribution in [0.3, 0.4) is 0 Å². The van der Waals surface area contributed by atoms with Crippen LogP contribution in [0.4, 0.5) is 0 Å². The third-order valence-electron chi connectivity index (χ3n) is 21.8. The summed E-state index contributed by atoms with van der Waals surface area (Å²) in [6.45, 7) is 12.7.